The quantitative estimate of drug-likeness (QED) is 0.505. The Labute approximate surface area is 230 Å². The van der Waals surface area contributed by atoms with Gasteiger partial charge in [-0.1, -0.05) is 37.3 Å². The molecule has 1 aliphatic heterocycles. The number of aromatic hydroxyl groups is 1. The Kier molecular flexibility index (Phi) is 5.87. The third-order valence-corrected chi connectivity index (χ3v) is 9.07. The number of Topliss-reactive ketones (excluding diaryl/α,β-unsaturated/α-hetero) is 2. The van der Waals surface area contributed by atoms with Gasteiger partial charge in [0.1, 0.15) is 0 Å². The largest absolute Gasteiger partial charge is 0.504 e. The van der Waals surface area contributed by atoms with E-state index in [1.807, 2.05) is 26.0 Å². The first-order valence-electron chi connectivity index (χ1n) is 13.5. The standard InChI is InChI=1S/C31H31N3O6/c1-5-40-25-15-19(11-12-24(25)35)26-21-13-14-32-29(38)33(20-9-7-6-8-10-20)30(39)34(32)23(21)16-22-27(36)17(2)18(3)28(37)31(22,26)4/h6-13,15,22-23,26,35H,5,14,16H2,1-4H3. The van der Waals surface area contributed by atoms with Crippen LogP contribution in [-0.4, -0.2) is 37.2 Å². The van der Waals surface area contributed by atoms with Crippen molar-refractivity contribution in [3.63, 3.8) is 0 Å². The molecule has 2 aliphatic carbocycles. The van der Waals surface area contributed by atoms with Crippen LogP contribution in [0.25, 0.3) is 5.69 Å². The zero-order valence-corrected chi connectivity index (χ0v) is 22.9. The topological polar surface area (TPSA) is 113 Å². The Morgan fingerprint density at radius 3 is 2.42 bits per heavy atom. The maximum Gasteiger partial charge on any atom is 0.352 e. The lowest BCUT2D eigenvalue weighted by Crippen LogP contribution is -2.55. The van der Waals surface area contributed by atoms with Gasteiger partial charge in [0.2, 0.25) is 0 Å². The molecule has 0 bridgehead atoms. The van der Waals surface area contributed by atoms with E-state index in [0.717, 1.165) is 10.1 Å². The van der Waals surface area contributed by atoms with E-state index in [2.05, 4.69) is 0 Å². The van der Waals surface area contributed by atoms with E-state index in [1.54, 1.807) is 50.2 Å². The molecular formula is C31H31N3O6. The molecule has 1 N–H and O–H groups in total. The highest BCUT2D eigenvalue weighted by atomic mass is 16.5. The Bertz CT molecular complexity index is 1760. The third-order valence-electron chi connectivity index (χ3n) is 9.07. The molecule has 1 saturated carbocycles. The zero-order chi connectivity index (χ0) is 28.5. The average molecular weight is 542 g/mol. The van der Waals surface area contributed by atoms with Crippen LogP contribution in [0.1, 0.15) is 51.6 Å². The second kappa shape index (κ2) is 9.08. The molecule has 2 aromatic carbocycles. The highest BCUT2D eigenvalue weighted by molar-refractivity contribution is 6.15. The van der Waals surface area contributed by atoms with Crippen molar-refractivity contribution in [2.45, 2.75) is 52.6 Å². The molecule has 0 amide bonds. The molecule has 6 rings (SSSR count). The first kappa shape index (κ1) is 25.9. The van der Waals surface area contributed by atoms with Gasteiger partial charge >= 0.3 is 11.4 Å². The van der Waals surface area contributed by atoms with Crippen molar-refractivity contribution in [2.24, 2.45) is 11.3 Å². The maximum absolute atomic E-state index is 14.1. The van der Waals surface area contributed by atoms with Gasteiger partial charge in [-0.2, -0.15) is 0 Å². The van der Waals surface area contributed by atoms with E-state index < -0.39 is 34.7 Å². The van der Waals surface area contributed by atoms with Gasteiger partial charge in [0, 0.05) is 11.8 Å². The van der Waals surface area contributed by atoms with Crippen LogP contribution in [0.4, 0.5) is 0 Å². The van der Waals surface area contributed by atoms with Gasteiger partial charge < -0.3 is 9.84 Å². The van der Waals surface area contributed by atoms with Gasteiger partial charge in [0.15, 0.2) is 23.1 Å². The lowest BCUT2D eigenvalue weighted by molar-refractivity contribution is -0.140. The number of benzene rings is 2. The smallest absolute Gasteiger partial charge is 0.352 e. The molecule has 4 atom stereocenters. The summed E-state index contributed by atoms with van der Waals surface area (Å²) in [6.07, 6.45) is 2.13. The van der Waals surface area contributed by atoms with E-state index in [4.69, 9.17) is 4.74 Å². The second-order valence-corrected chi connectivity index (χ2v) is 11.0. The third kappa shape index (κ3) is 3.39. The Balaban J connectivity index is 1.60. The molecule has 0 spiro atoms. The number of carbonyl (C=O) groups excluding carboxylic acids is 2. The van der Waals surface area contributed by atoms with Gasteiger partial charge in [-0.15, -0.1) is 0 Å². The average Bonchev–Trinajstić information content (AvgIpc) is 3.21. The molecule has 1 aromatic heterocycles. The molecule has 9 heteroatoms. The molecule has 4 unspecified atom stereocenters. The summed E-state index contributed by atoms with van der Waals surface area (Å²) < 4.78 is 9.69. The summed E-state index contributed by atoms with van der Waals surface area (Å²) in [7, 11) is 0. The van der Waals surface area contributed by atoms with Crippen molar-refractivity contribution in [1.82, 2.24) is 13.9 Å². The fraction of sp³-hybridized carbons (Fsp3) is 0.355. The highest BCUT2D eigenvalue weighted by Crippen LogP contribution is 2.60. The molecule has 40 heavy (non-hydrogen) atoms. The lowest BCUT2D eigenvalue weighted by Gasteiger charge is -2.53. The number of phenolic OH excluding ortho intramolecular Hbond substituents is 1. The van der Waals surface area contributed by atoms with Crippen LogP contribution in [0.2, 0.25) is 0 Å². The van der Waals surface area contributed by atoms with Crippen molar-refractivity contribution in [2.75, 3.05) is 6.61 Å². The summed E-state index contributed by atoms with van der Waals surface area (Å²) in [5.41, 5.74) is 0.752. The fourth-order valence-corrected chi connectivity index (χ4v) is 7.00. The first-order valence-corrected chi connectivity index (χ1v) is 13.5. The Morgan fingerprint density at radius 1 is 1.00 bits per heavy atom. The van der Waals surface area contributed by atoms with E-state index in [0.29, 0.717) is 29.0 Å². The molecule has 0 saturated heterocycles. The number of ether oxygens (including phenoxy) is 1. The summed E-state index contributed by atoms with van der Waals surface area (Å²) in [5, 5.41) is 10.4. The number of hydrogen-bond acceptors (Lipinski definition) is 6. The summed E-state index contributed by atoms with van der Waals surface area (Å²) in [4.78, 5) is 55.3. The van der Waals surface area contributed by atoms with Gasteiger partial charge in [-0.25, -0.2) is 23.5 Å². The monoisotopic (exact) mass is 541 g/mol. The van der Waals surface area contributed by atoms with E-state index >= 15 is 0 Å². The van der Waals surface area contributed by atoms with Crippen LogP contribution in [0.15, 0.2) is 80.9 Å². The predicted octanol–water partition coefficient (Wildman–Crippen LogP) is 3.68. The van der Waals surface area contributed by atoms with Crippen LogP contribution in [0.5, 0.6) is 11.5 Å². The van der Waals surface area contributed by atoms with Crippen molar-refractivity contribution >= 4 is 11.6 Å². The number of phenols is 1. The number of hydrogen-bond donors (Lipinski definition) is 1. The molecule has 2 heterocycles. The van der Waals surface area contributed by atoms with Crippen molar-refractivity contribution in [3.05, 3.63) is 97.9 Å². The Hall–Kier alpha value is -4.40. The van der Waals surface area contributed by atoms with Gasteiger partial charge in [-0.05, 0) is 73.7 Å². The van der Waals surface area contributed by atoms with E-state index in [-0.39, 0.29) is 36.0 Å². The number of carbonyl (C=O) groups is 2. The van der Waals surface area contributed by atoms with Gasteiger partial charge in [-0.3, -0.25) is 9.59 Å². The molecule has 206 valence electrons. The number of nitrogens with zero attached hydrogens (tertiary/aromatic N) is 3. The normalized spacial score (nSPS) is 25.7. The molecule has 0 radical (unpaired) electrons. The Morgan fingerprint density at radius 2 is 1.73 bits per heavy atom. The summed E-state index contributed by atoms with van der Waals surface area (Å²) in [6, 6.07) is 13.1. The first-order chi connectivity index (χ1) is 19.1. The summed E-state index contributed by atoms with van der Waals surface area (Å²) >= 11 is 0. The summed E-state index contributed by atoms with van der Waals surface area (Å²) in [5.74, 6) is -1.29. The van der Waals surface area contributed by atoms with E-state index in [1.165, 1.54) is 15.4 Å². The molecule has 1 fully saturated rings. The van der Waals surface area contributed by atoms with Crippen LogP contribution in [0, 0.1) is 11.3 Å². The minimum Gasteiger partial charge on any atom is -0.504 e. The van der Waals surface area contributed by atoms with Crippen LogP contribution in [0.3, 0.4) is 0 Å². The predicted molar refractivity (Wildman–Crippen MR) is 148 cm³/mol. The van der Waals surface area contributed by atoms with Crippen LogP contribution in [-0.2, 0) is 16.1 Å². The van der Waals surface area contributed by atoms with Crippen molar-refractivity contribution < 1.29 is 19.4 Å². The molecule has 3 aliphatic rings. The summed E-state index contributed by atoms with van der Waals surface area (Å²) in [6.45, 7) is 7.50. The van der Waals surface area contributed by atoms with Crippen LogP contribution >= 0.6 is 0 Å². The fourth-order valence-electron chi connectivity index (χ4n) is 7.00. The SMILES string of the molecule is CCOc1cc(C2C3=CCn4c(=O)n(-c5ccccc5)c(=O)n4C3CC3C(=O)C(C)=C(C)C(=O)C32C)ccc1O. The number of allylic oxidation sites excluding steroid dienone is 4. The number of para-hydroxylation sites is 1. The zero-order valence-electron chi connectivity index (χ0n) is 22.9. The maximum atomic E-state index is 14.1. The van der Waals surface area contributed by atoms with Gasteiger partial charge in [0.05, 0.1) is 30.3 Å². The number of aromatic nitrogens is 3. The molecular weight excluding hydrogens is 510 g/mol. The molecule has 3 aromatic rings. The minimum absolute atomic E-state index is 0.0275. The van der Waals surface area contributed by atoms with Gasteiger partial charge in [0.25, 0.3) is 0 Å². The van der Waals surface area contributed by atoms with E-state index in [9.17, 15) is 24.3 Å². The van der Waals surface area contributed by atoms with Crippen molar-refractivity contribution in [3.8, 4) is 17.2 Å². The highest BCUT2D eigenvalue weighted by Gasteiger charge is 2.60. The minimum atomic E-state index is -1.13. The van der Waals surface area contributed by atoms with Crippen LogP contribution < -0.4 is 16.1 Å². The number of fused-ring (bicyclic) bond motifs is 4. The van der Waals surface area contributed by atoms with Crippen molar-refractivity contribution in [1.29, 1.82) is 0 Å². The molecule has 9 nitrogen and oxygen atoms in total. The number of rotatable bonds is 4. The lowest BCUT2D eigenvalue weighted by atomic mass is 9.50. The number of ketones is 2. The second-order valence-electron chi connectivity index (χ2n) is 11.0.